The highest BCUT2D eigenvalue weighted by Crippen LogP contribution is 2.30. The van der Waals surface area contributed by atoms with Crippen molar-refractivity contribution in [1.29, 1.82) is 0 Å². The number of rotatable bonds is 2. The van der Waals surface area contributed by atoms with Gasteiger partial charge in [-0.05, 0) is 60.4 Å². The van der Waals surface area contributed by atoms with Gasteiger partial charge in [0.15, 0.2) is 0 Å². The summed E-state index contributed by atoms with van der Waals surface area (Å²) in [6.45, 7) is 3.62. The zero-order valence-electron chi connectivity index (χ0n) is 16.3. The predicted molar refractivity (Wildman–Crippen MR) is 113 cm³/mol. The summed E-state index contributed by atoms with van der Waals surface area (Å²) in [7, 11) is 1.73. The Balaban J connectivity index is 1.44. The van der Waals surface area contributed by atoms with Crippen molar-refractivity contribution < 1.29 is 4.79 Å². The summed E-state index contributed by atoms with van der Waals surface area (Å²) >= 11 is 0. The molecule has 0 bridgehead atoms. The maximum Gasteiger partial charge on any atom is 0.321 e. The Kier molecular flexibility index (Phi) is 4.90. The van der Waals surface area contributed by atoms with Crippen LogP contribution in [0.2, 0.25) is 0 Å². The molecule has 2 aromatic carbocycles. The number of amides is 2. The van der Waals surface area contributed by atoms with Gasteiger partial charge < -0.3 is 14.8 Å². The molecule has 5 nitrogen and oxygen atoms in total. The van der Waals surface area contributed by atoms with E-state index < -0.39 is 0 Å². The highest BCUT2D eigenvalue weighted by atomic mass is 16.2. The van der Waals surface area contributed by atoms with E-state index in [4.69, 9.17) is 0 Å². The van der Waals surface area contributed by atoms with Crippen molar-refractivity contribution in [1.82, 2.24) is 9.47 Å². The molecular weight excluding hydrogens is 350 g/mol. The van der Waals surface area contributed by atoms with Crippen molar-refractivity contribution >= 4 is 22.5 Å². The van der Waals surface area contributed by atoms with Crippen LogP contribution in [0.1, 0.15) is 29.9 Å². The molecule has 0 radical (unpaired) electrons. The molecule has 0 unspecified atom stereocenters. The Morgan fingerprint density at radius 1 is 1.07 bits per heavy atom. The molecule has 0 atom stereocenters. The number of aromatic nitrogens is 1. The lowest BCUT2D eigenvalue weighted by molar-refractivity contribution is 0.194. The standard InChI is InChI=1S/C23H25N3O2/c1-16-5-3-4-6-20(16)18-10-13-26(14-11-18)23(28)24-19-8-7-17-9-12-25(2)22(27)21(17)15-19/h3-9,12,15,18H,10-11,13-14H2,1-2H3,(H,24,28). The second kappa shape index (κ2) is 7.50. The first-order valence-electron chi connectivity index (χ1n) is 9.74. The van der Waals surface area contributed by atoms with Crippen molar-refractivity contribution in [3.63, 3.8) is 0 Å². The smallest absolute Gasteiger partial charge is 0.321 e. The van der Waals surface area contributed by atoms with Gasteiger partial charge in [-0.3, -0.25) is 4.79 Å². The van der Waals surface area contributed by atoms with Crippen molar-refractivity contribution in [2.24, 2.45) is 7.05 Å². The average molecular weight is 375 g/mol. The summed E-state index contributed by atoms with van der Waals surface area (Å²) < 4.78 is 1.55. The van der Waals surface area contributed by atoms with Gasteiger partial charge in [-0.1, -0.05) is 30.3 Å². The Bertz CT molecular complexity index is 1080. The van der Waals surface area contributed by atoms with Gasteiger partial charge in [-0.25, -0.2) is 4.79 Å². The van der Waals surface area contributed by atoms with Crippen LogP contribution in [0.5, 0.6) is 0 Å². The molecule has 1 aliphatic rings. The van der Waals surface area contributed by atoms with Crippen LogP contribution < -0.4 is 10.9 Å². The van der Waals surface area contributed by atoms with Crippen LogP contribution in [0.25, 0.3) is 10.8 Å². The molecule has 2 amide bonds. The number of carbonyl (C=O) groups excluding carboxylic acids is 1. The number of urea groups is 1. The Hall–Kier alpha value is -3.08. The first-order valence-corrected chi connectivity index (χ1v) is 9.74. The van der Waals surface area contributed by atoms with Crippen molar-refractivity contribution in [3.8, 4) is 0 Å². The van der Waals surface area contributed by atoms with Gasteiger partial charge >= 0.3 is 6.03 Å². The molecule has 1 aliphatic heterocycles. The topological polar surface area (TPSA) is 54.3 Å². The third-order valence-electron chi connectivity index (χ3n) is 5.74. The second-order valence-electron chi connectivity index (χ2n) is 7.58. The van der Waals surface area contributed by atoms with E-state index in [1.165, 1.54) is 11.1 Å². The van der Waals surface area contributed by atoms with Gasteiger partial charge in [0.05, 0.1) is 0 Å². The maximum atomic E-state index is 12.7. The van der Waals surface area contributed by atoms with Gasteiger partial charge in [0.1, 0.15) is 0 Å². The molecule has 2 heterocycles. The molecule has 28 heavy (non-hydrogen) atoms. The van der Waals surface area contributed by atoms with Gasteiger partial charge in [-0.2, -0.15) is 0 Å². The predicted octanol–water partition coefficient (Wildman–Crippen LogP) is 4.26. The highest BCUT2D eigenvalue weighted by Gasteiger charge is 2.24. The number of anilines is 1. The number of hydrogen-bond donors (Lipinski definition) is 1. The van der Waals surface area contributed by atoms with Gasteiger partial charge in [0.2, 0.25) is 0 Å². The molecule has 0 spiro atoms. The molecule has 3 aromatic rings. The van der Waals surface area contributed by atoms with E-state index in [9.17, 15) is 9.59 Å². The maximum absolute atomic E-state index is 12.7. The zero-order valence-corrected chi connectivity index (χ0v) is 16.3. The molecule has 4 rings (SSSR count). The lowest BCUT2D eigenvalue weighted by atomic mass is 9.87. The van der Waals surface area contributed by atoms with E-state index in [-0.39, 0.29) is 11.6 Å². The van der Waals surface area contributed by atoms with Crippen molar-refractivity contribution in [3.05, 3.63) is 76.2 Å². The first-order chi connectivity index (χ1) is 13.5. The monoisotopic (exact) mass is 375 g/mol. The minimum Gasteiger partial charge on any atom is -0.324 e. The fourth-order valence-electron chi connectivity index (χ4n) is 4.06. The number of nitrogens with one attached hydrogen (secondary N) is 1. The lowest BCUT2D eigenvalue weighted by Gasteiger charge is -2.32. The molecule has 1 fully saturated rings. The number of hydrogen-bond acceptors (Lipinski definition) is 2. The molecule has 0 saturated carbocycles. The number of carbonyl (C=O) groups is 1. The fourth-order valence-corrected chi connectivity index (χ4v) is 4.06. The summed E-state index contributed by atoms with van der Waals surface area (Å²) in [5.74, 6) is 0.508. The number of piperidine rings is 1. The molecule has 1 saturated heterocycles. The number of nitrogens with zero attached hydrogens (tertiary/aromatic N) is 2. The van der Waals surface area contributed by atoms with E-state index in [1.54, 1.807) is 23.9 Å². The third kappa shape index (κ3) is 3.52. The molecular formula is C23H25N3O2. The van der Waals surface area contributed by atoms with E-state index in [0.29, 0.717) is 17.0 Å². The number of likely N-dealkylation sites (tertiary alicyclic amines) is 1. The minimum atomic E-state index is -0.102. The van der Waals surface area contributed by atoms with Crippen LogP contribution in [-0.4, -0.2) is 28.6 Å². The van der Waals surface area contributed by atoms with Gasteiger partial charge in [0.25, 0.3) is 5.56 Å². The third-order valence-corrected chi connectivity index (χ3v) is 5.74. The first kappa shape index (κ1) is 18.3. The largest absolute Gasteiger partial charge is 0.324 e. The molecule has 0 aliphatic carbocycles. The SMILES string of the molecule is Cc1ccccc1C1CCN(C(=O)Nc2ccc3ccn(C)c(=O)c3c2)CC1. The van der Waals surface area contributed by atoms with Crippen molar-refractivity contribution in [2.75, 3.05) is 18.4 Å². The fraction of sp³-hybridized carbons (Fsp3) is 0.304. The number of aryl methyl sites for hydroxylation is 2. The summed E-state index contributed by atoms with van der Waals surface area (Å²) in [4.78, 5) is 26.9. The van der Waals surface area contributed by atoms with Gasteiger partial charge in [0, 0.05) is 37.4 Å². The Morgan fingerprint density at radius 3 is 2.57 bits per heavy atom. The summed E-state index contributed by atoms with van der Waals surface area (Å²) in [6.07, 6.45) is 3.69. The number of pyridine rings is 1. The second-order valence-corrected chi connectivity index (χ2v) is 7.58. The number of fused-ring (bicyclic) bond motifs is 1. The molecule has 5 heteroatoms. The van der Waals surface area contributed by atoms with Crippen LogP contribution in [0, 0.1) is 6.92 Å². The lowest BCUT2D eigenvalue weighted by Crippen LogP contribution is -2.40. The van der Waals surface area contributed by atoms with Crippen LogP contribution >= 0.6 is 0 Å². The molecule has 144 valence electrons. The molecule has 1 N–H and O–H groups in total. The van der Waals surface area contributed by atoms with E-state index >= 15 is 0 Å². The Labute approximate surface area is 164 Å². The van der Waals surface area contributed by atoms with Crippen LogP contribution in [0.4, 0.5) is 10.5 Å². The van der Waals surface area contributed by atoms with E-state index in [0.717, 1.165) is 31.3 Å². The highest BCUT2D eigenvalue weighted by molar-refractivity contribution is 5.93. The quantitative estimate of drug-likeness (QED) is 0.728. The summed E-state index contributed by atoms with van der Waals surface area (Å²) in [5, 5.41) is 4.44. The Morgan fingerprint density at radius 2 is 1.82 bits per heavy atom. The van der Waals surface area contributed by atoms with Crippen LogP contribution in [0.15, 0.2) is 59.5 Å². The minimum absolute atomic E-state index is 0.0624. The summed E-state index contributed by atoms with van der Waals surface area (Å²) in [5.41, 5.74) is 3.31. The van der Waals surface area contributed by atoms with Crippen LogP contribution in [-0.2, 0) is 7.05 Å². The van der Waals surface area contributed by atoms with E-state index in [2.05, 4.69) is 36.5 Å². The van der Waals surface area contributed by atoms with Crippen molar-refractivity contribution in [2.45, 2.75) is 25.7 Å². The summed E-state index contributed by atoms with van der Waals surface area (Å²) in [6, 6.07) is 15.8. The number of benzene rings is 2. The van der Waals surface area contributed by atoms with Gasteiger partial charge in [-0.15, -0.1) is 0 Å². The zero-order chi connectivity index (χ0) is 19.7. The normalized spacial score (nSPS) is 15.0. The average Bonchev–Trinajstić information content (AvgIpc) is 2.71. The van der Waals surface area contributed by atoms with E-state index in [1.807, 2.05) is 23.1 Å². The molecule has 1 aromatic heterocycles. The van der Waals surface area contributed by atoms with Crippen LogP contribution in [0.3, 0.4) is 0 Å².